The van der Waals surface area contributed by atoms with Crippen LogP contribution in [0, 0.1) is 5.92 Å². The Morgan fingerprint density at radius 1 is 1.40 bits per heavy atom. The molecule has 0 aromatic carbocycles. The third kappa shape index (κ3) is 4.07. The molecule has 5 heteroatoms. The number of piperidine rings is 1. The number of hydrogen-bond donors (Lipinski definition) is 1. The Labute approximate surface area is 124 Å². The first-order chi connectivity index (χ1) is 9.70. The van der Waals surface area contributed by atoms with Gasteiger partial charge in [0, 0.05) is 30.4 Å². The topological polar surface area (TPSA) is 49.4 Å². The molecule has 1 aromatic rings. The van der Waals surface area contributed by atoms with Crippen molar-refractivity contribution in [1.82, 2.24) is 10.2 Å². The van der Waals surface area contributed by atoms with Crippen LogP contribution in [0.15, 0.2) is 17.5 Å². The maximum Gasteiger partial charge on any atom is 0.227 e. The third-order valence-electron chi connectivity index (χ3n) is 3.67. The molecule has 1 N–H and O–H groups in total. The van der Waals surface area contributed by atoms with Crippen LogP contribution in [-0.4, -0.2) is 36.3 Å². The molecule has 2 rings (SSSR count). The molecule has 0 bridgehead atoms. The van der Waals surface area contributed by atoms with Gasteiger partial charge in [-0.05, 0) is 30.7 Å². The van der Waals surface area contributed by atoms with Crippen molar-refractivity contribution >= 4 is 23.2 Å². The average molecular weight is 294 g/mol. The number of thiophene rings is 1. The molecule has 1 aliphatic heterocycles. The molecule has 1 aromatic heterocycles. The van der Waals surface area contributed by atoms with Gasteiger partial charge in [-0.3, -0.25) is 9.59 Å². The van der Waals surface area contributed by atoms with Crippen LogP contribution in [0.3, 0.4) is 0 Å². The summed E-state index contributed by atoms with van der Waals surface area (Å²) < 4.78 is 0. The van der Waals surface area contributed by atoms with Gasteiger partial charge in [0.25, 0.3) is 0 Å². The van der Waals surface area contributed by atoms with Crippen LogP contribution < -0.4 is 5.32 Å². The van der Waals surface area contributed by atoms with Gasteiger partial charge in [0.2, 0.25) is 11.8 Å². The normalized spacial score (nSPS) is 16.1. The maximum absolute atomic E-state index is 12.1. The smallest absolute Gasteiger partial charge is 0.227 e. The average Bonchev–Trinajstić information content (AvgIpc) is 2.97. The summed E-state index contributed by atoms with van der Waals surface area (Å²) in [4.78, 5) is 27.0. The van der Waals surface area contributed by atoms with Gasteiger partial charge in [-0.1, -0.05) is 13.0 Å². The fourth-order valence-electron chi connectivity index (χ4n) is 2.46. The van der Waals surface area contributed by atoms with Gasteiger partial charge in [0.1, 0.15) is 0 Å². The lowest BCUT2D eigenvalue weighted by Crippen LogP contribution is -2.43. The minimum absolute atomic E-state index is 0.0762. The third-order valence-corrected chi connectivity index (χ3v) is 4.55. The van der Waals surface area contributed by atoms with E-state index in [9.17, 15) is 9.59 Å². The predicted molar refractivity (Wildman–Crippen MR) is 80.6 cm³/mol. The van der Waals surface area contributed by atoms with E-state index in [-0.39, 0.29) is 17.7 Å². The molecule has 4 nitrogen and oxygen atoms in total. The molecule has 2 heterocycles. The van der Waals surface area contributed by atoms with Crippen LogP contribution in [0.5, 0.6) is 0 Å². The van der Waals surface area contributed by atoms with E-state index in [1.54, 1.807) is 11.3 Å². The fraction of sp³-hybridized carbons (Fsp3) is 0.600. The largest absolute Gasteiger partial charge is 0.356 e. The number of nitrogens with one attached hydrogen (secondary N) is 1. The first kappa shape index (κ1) is 15.0. The van der Waals surface area contributed by atoms with E-state index in [0.29, 0.717) is 19.5 Å². The second-order valence-corrected chi connectivity index (χ2v) is 6.23. The molecule has 1 fully saturated rings. The van der Waals surface area contributed by atoms with E-state index in [0.717, 1.165) is 30.7 Å². The van der Waals surface area contributed by atoms with E-state index in [4.69, 9.17) is 0 Å². The van der Waals surface area contributed by atoms with Gasteiger partial charge < -0.3 is 10.2 Å². The SMILES string of the molecule is CCCNC(=O)C1CCN(C(=O)Cc2cccs2)CC1. The highest BCUT2D eigenvalue weighted by molar-refractivity contribution is 7.10. The fourth-order valence-corrected chi connectivity index (χ4v) is 3.15. The zero-order valence-electron chi connectivity index (χ0n) is 11.9. The van der Waals surface area contributed by atoms with Gasteiger partial charge >= 0.3 is 0 Å². The van der Waals surface area contributed by atoms with Crippen molar-refractivity contribution in [2.45, 2.75) is 32.6 Å². The standard InChI is InChI=1S/C15H22N2O2S/c1-2-7-16-15(19)12-5-8-17(9-6-12)14(18)11-13-4-3-10-20-13/h3-4,10,12H,2,5-9,11H2,1H3,(H,16,19). The Morgan fingerprint density at radius 3 is 2.75 bits per heavy atom. The van der Waals surface area contributed by atoms with Gasteiger partial charge in [0.15, 0.2) is 0 Å². The Hall–Kier alpha value is -1.36. The van der Waals surface area contributed by atoms with Gasteiger partial charge in [-0.15, -0.1) is 11.3 Å². The number of rotatable bonds is 5. The van der Waals surface area contributed by atoms with E-state index < -0.39 is 0 Å². The zero-order valence-corrected chi connectivity index (χ0v) is 12.7. The highest BCUT2D eigenvalue weighted by Crippen LogP contribution is 2.19. The number of nitrogens with zero attached hydrogens (tertiary/aromatic N) is 1. The van der Waals surface area contributed by atoms with Crippen LogP contribution in [0.25, 0.3) is 0 Å². The van der Waals surface area contributed by atoms with Crippen LogP contribution in [0.4, 0.5) is 0 Å². The summed E-state index contributed by atoms with van der Waals surface area (Å²) >= 11 is 1.62. The summed E-state index contributed by atoms with van der Waals surface area (Å²) in [6, 6.07) is 3.96. The highest BCUT2D eigenvalue weighted by Gasteiger charge is 2.26. The Bertz CT molecular complexity index is 437. The Balaban J connectivity index is 1.76. The number of carbonyl (C=O) groups excluding carboxylic acids is 2. The van der Waals surface area contributed by atoms with Crippen molar-refractivity contribution in [2.75, 3.05) is 19.6 Å². The first-order valence-electron chi connectivity index (χ1n) is 7.28. The molecule has 0 radical (unpaired) electrons. The summed E-state index contributed by atoms with van der Waals surface area (Å²) in [5.74, 6) is 0.407. The monoisotopic (exact) mass is 294 g/mol. The van der Waals surface area contributed by atoms with Crippen molar-refractivity contribution in [2.24, 2.45) is 5.92 Å². The Kier molecular flexibility index (Phi) is 5.59. The van der Waals surface area contributed by atoms with E-state index in [1.807, 2.05) is 29.3 Å². The number of amides is 2. The van der Waals surface area contributed by atoms with Crippen LogP contribution in [0.2, 0.25) is 0 Å². The molecule has 0 spiro atoms. The van der Waals surface area contributed by atoms with Crippen LogP contribution in [-0.2, 0) is 16.0 Å². The number of likely N-dealkylation sites (tertiary alicyclic amines) is 1. The van der Waals surface area contributed by atoms with Crippen LogP contribution >= 0.6 is 11.3 Å². The highest BCUT2D eigenvalue weighted by atomic mass is 32.1. The summed E-state index contributed by atoms with van der Waals surface area (Å²) in [5.41, 5.74) is 0. The van der Waals surface area contributed by atoms with Crippen molar-refractivity contribution in [3.05, 3.63) is 22.4 Å². The Morgan fingerprint density at radius 2 is 2.15 bits per heavy atom. The molecule has 20 heavy (non-hydrogen) atoms. The predicted octanol–water partition coefficient (Wildman–Crippen LogP) is 2.06. The summed E-state index contributed by atoms with van der Waals surface area (Å²) in [6.07, 6.45) is 3.02. The molecular weight excluding hydrogens is 272 g/mol. The molecule has 110 valence electrons. The molecule has 1 aliphatic rings. The van der Waals surface area contributed by atoms with Crippen molar-refractivity contribution < 1.29 is 9.59 Å². The molecule has 0 saturated carbocycles. The molecular formula is C15H22N2O2S. The first-order valence-corrected chi connectivity index (χ1v) is 8.16. The second-order valence-electron chi connectivity index (χ2n) is 5.20. The summed E-state index contributed by atoms with van der Waals surface area (Å²) in [7, 11) is 0. The molecule has 0 aliphatic carbocycles. The van der Waals surface area contributed by atoms with Gasteiger partial charge in [-0.2, -0.15) is 0 Å². The minimum atomic E-state index is 0.0762. The van der Waals surface area contributed by atoms with Crippen molar-refractivity contribution in [3.63, 3.8) is 0 Å². The minimum Gasteiger partial charge on any atom is -0.356 e. The molecule has 2 amide bonds. The second kappa shape index (κ2) is 7.43. The maximum atomic E-state index is 12.1. The zero-order chi connectivity index (χ0) is 14.4. The van der Waals surface area contributed by atoms with Crippen molar-refractivity contribution in [1.29, 1.82) is 0 Å². The number of hydrogen-bond acceptors (Lipinski definition) is 3. The summed E-state index contributed by atoms with van der Waals surface area (Å²) in [5, 5.41) is 4.93. The molecule has 0 atom stereocenters. The summed E-state index contributed by atoms with van der Waals surface area (Å²) in [6.45, 7) is 4.20. The van der Waals surface area contributed by atoms with E-state index in [2.05, 4.69) is 5.32 Å². The lowest BCUT2D eigenvalue weighted by molar-refractivity contribution is -0.135. The number of carbonyl (C=O) groups is 2. The van der Waals surface area contributed by atoms with Crippen molar-refractivity contribution in [3.8, 4) is 0 Å². The van der Waals surface area contributed by atoms with E-state index >= 15 is 0 Å². The molecule has 0 unspecified atom stereocenters. The van der Waals surface area contributed by atoms with Crippen LogP contribution in [0.1, 0.15) is 31.1 Å². The van der Waals surface area contributed by atoms with Gasteiger partial charge in [0.05, 0.1) is 6.42 Å². The lowest BCUT2D eigenvalue weighted by Gasteiger charge is -2.31. The quantitative estimate of drug-likeness (QED) is 0.903. The van der Waals surface area contributed by atoms with E-state index in [1.165, 1.54) is 0 Å². The lowest BCUT2D eigenvalue weighted by atomic mass is 9.95. The molecule has 1 saturated heterocycles. The van der Waals surface area contributed by atoms with Gasteiger partial charge in [-0.25, -0.2) is 0 Å².